The molecule has 13 heavy (non-hydrogen) atoms. The van der Waals surface area contributed by atoms with Crippen molar-refractivity contribution in [1.82, 2.24) is 4.98 Å². The average molecular weight is 213 g/mol. The molecule has 1 aromatic heterocycles. The zero-order chi connectivity index (χ0) is 9.84. The Morgan fingerprint density at radius 2 is 2.08 bits per heavy atom. The first-order valence-electron chi connectivity index (χ1n) is 3.27. The van der Waals surface area contributed by atoms with Crippen molar-refractivity contribution in [1.29, 1.82) is 10.8 Å². The zero-order valence-electron chi connectivity index (χ0n) is 6.44. The van der Waals surface area contributed by atoms with Gasteiger partial charge in [0.25, 0.3) is 0 Å². The summed E-state index contributed by atoms with van der Waals surface area (Å²) < 4.78 is 1.04. The number of nitrogens with two attached hydrogens (primary N) is 1. The molecule has 0 saturated carbocycles. The Kier molecular flexibility index (Phi) is 3.01. The van der Waals surface area contributed by atoms with Crippen LogP contribution in [-0.2, 0) is 0 Å². The highest BCUT2D eigenvalue weighted by Crippen LogP contribution is 2.25. The molecule has 0 spiro atoms. The Labute approximate surface area is 83.4 Å². The maximum absolute atomic E-state index is 6.00. The van der Waals surface area contributed by atoms with Gasteiger partial charge in [0.2, 0.25) is 0 Å². The van der Waals surface area contributed by atoms with Gasteiger partial charge in [0.05, 0.1) is 10.2 Å². The molecule has 0 aliphatic heterocycles. The van der Waals surface area contributed by atoms with Crippen LogP contribution in [0.3, 0.4) is 0 Å². The molecule has 0 atom stereocenters. The van der Waals surface area contributed by atoms with Gasteiger partial charge in [-0.05, 0) is 18.2 Å². The molecule has 0 bridgehead atoms. The van der Waals surface area contributed by atoms with E-state index < -0.39 is 0 Å². The maximum atomic E-state index is 6.00. The number of rotatable bonds is 0. The van der Waals surface area contributed by atoms with Crippen molar-refractivity contribution in [2.75, 3.05) is 5.73 Å². The quantitative estimate of drug-likeness (QED) is 0.680. The fourth-order valence-corrected chi connectivity index (χ4v) is 1.93. The van der Waals surface area contributed by atoms with Crippen LogP contribution in [0.4, 0.5) is 5.13 Å². The molecule has 4 nitrogen and oxygen atoms in total. The third-order valence-electron chi connectivity index (χ3n) is 1.37. The molecule has 0 saturated heterocycles. The van der Waals surface area contributed by atoms with Gasteiger partial charge in [-0.1, -0.05) is 22.9 Å². The minimum Gasteiger partial charge on any atom is -0.375 e. The molecule has 1 aromatic carbocycles. The molecule has 6 heteroatoms. The molecule has 0 aliphatic carbocycles. The van der Waals surface area contributed by atoms with Crippen molar-refractivity contribution in [2.24, 2.45) is 0 Å². The van der Waals surface area contributed by atoms with Crippen molar-refractivity contribution < 1.29 is 0 Å². The predicted molar refractivity (Wildman–Crippen MR) is 52.5 cm³/mol. The zero-order valence-corrected chi connectivity index (χ0v) is 8.01. The van der Waals surface area contributed by atoms with E-state index in [1.807, 2.05) is 18.2 Å². The highest BCUT2D eigenvalue weighted by molar-refractivity contribution is 7.22. The van der Waals surface area contributed by atoms with E-state index in [0.717, 1.165) is 15.2 Å². The Bertz CT molecular complexity index is 436. The van der Waals surface area contributed by atoms with E-state index in [4.69, 9.17) is 28.1 Å². The number of hydrogen-bond donors (Lipinski definition) is 1. The number of aromatic nitrogens is 1. The van der Waals surface area contributed by atoms with Gasteiger partial charge in [-0.25, -0.2) is 4.98 Å². The molecule has 0 unspecified atom stereocenters. The second-order valence-corrected chi connectivity index (χ2v) is 3.66. The Balaban J connectivity index is 0.000000396. The lowest BCUT2D eigenvalue weighted by Crippen LogP contribution is -1.78. The number of fused-ring (bicyclic) bond motifs is 1. The molecule has 1 heterocycles. The van der Waals surface area contributed by atoms with E-state index in [1.54, 1.807) is 0 Å². The van der Waals surface area contributed by atoms with Crippen LogP contribution < -0.4 is 5.73 Å². The number of anilines is 1. The van der Waals surface area contributed by atoms with Crippen LogP contribution in [0.2, 0.25) is 5.02 Å². The van der Waals surface area contributed by atoms with E-state index in [1.165, 1.54) is 11.3 Å². The molecule has 2 aromatic rings. The van der Waals surface area contributed by atoms with Crippen molar-refractivity contribution in [3.05, 3.63) is 23.2 Å². The maximum Gasteiger partial charge on any atom is 0.181 e. The molecule has 0 amide bonds. The minimum atomic E-state index is 0.585. The summed E-state index contributed by atoms with van der Waals surface area (Å²) >= 11 is 7.21. The number of nitrogens with zero attached hydrogens (tertiary/aromatic N) is 3. The minimum absolute atomic E-state index is 0.585. The molecule has 0 aliphatic rings. The van der Waals surface area contributed by atoms with E-state index >= 15 is 0 Å². The summed E-state index contributed by atoms with van der Waals surface area (Å²) in [6.07, 6.45) is 0. The number of nitrogen functional groups attached to an aromatic ring is 1. The smallest absolute Gasteiger partial charge is 0.181 e. The van der Waals surface area contributed by atoms with Crippen LogP contribution in [0.5, 0.6) is 0 Å². The average Bonchev–Trinajstić information content (AvgIpc) is 2.48. The van der Waals surface area contributed by atoms with E-state index in [-0.39, 0.29) is 0 Å². The summed E-state index contributed by atoms with van der Waals surface area (Å²) in [4.78, 5) is 4.09. The van der Waals surface area contributed by atoms with E-state index in [0.29, 0.717) is 5.13 Å². The van der Waals surface area contributed by atoms with Gasteiger partial charge in [-0.15, -0.1) is 0 Å². The third kappa shape index (κ3) is 2.05. The first kappa shape index (κ1) is 9.71. The normalized spacial score (nSPS) is 9.15. The van der Waals surface area contributed by atoms with Crippen LogP contribution in [-0.4, -0.2) is 4.98 Å². The fourth-order valence-electron chi connectivity index (χ4n) is 0.916. The monoisotopic (exact) mass is 212 g/mol. The second kappa shape index (κ2) is 4.03. The van der Waals surface area contributed by atoms with Crippen molar-refractivity contribution in [3.8, 4) is 0 Å². The largest absolute Gasteiger partial charge is 0.375 e. The molecule has 2 N–H and O–H groups in total. The summed E-state index contributed by atoms with van der Waals surface area (Å²) in [7, 11) is 0. The summed E-state index contributed by atoms with van der Waals surface area (Å²) in [5.41, 5.74) is 6.42. The van der Waals surface area contributed by atoms with Crippen molar-refractivity contribution >= 4 is 38.3 Å². The molecule has 2 rings (SSSR count). The van der Waals surface area contributed by atoms with Gasteiger partial charge in [0.1, 0.15) is 0 Å². The topological polar surface area (TPSA) is 86.5 Å². The fraction of sp³-hybridized carbons (Fsp3) is 0. The second-order valence-electron chi connectivity index (χ2n) is 2.16. The lowest BCUT2D eigenvalue weighted by atomic mass is 10.3. The van der Waals surface area contributed by atoms with Gasteiger partial charge in [-0.3, -0.25) is 0 Å². The van der Waals surface area contributed by atoms with Gasteiger partial charge in [-0.2, -0.15) is 0 Å². The van der Waals surface area contributed by atoms with Crippen LogP contribution >= 0.6 is 22.9 Å². The van der Waals surface area contributed by atoms with E-state index in [9.17, 15) is 0 Å². The van der Waals surface area contributed by atoms with Crippen LogP contribution in [0.1, 0.15) is 0 Å². The highest BCUT2D eigenvalue weighted by Gasteiger charge is 1.99. The van der Waals surface area contributed by atoms with Crippen molar-refractivity contribution in [3.63, 3.8) is 0 Å². The molecule has 66 valence electrons. The summed E-state index contributed by atoms with van der Waals surface area (Å²) in [6.45, 7) is 0. The first-order valence-corrected chi connectivity index (χ1v) is 4.47. The van der Waals surface area contributed by atoms with Gasteiger partial charge in [0.15, 0.2) is 5.13 Å². The lowest BCUT2D eigenvalue weighted by Gasteiger charge is -1.86. The Hall–Kier alpha value is -1.38. The molecule has 0 fully saturated rings. The molecular weight excluding hydrogens is 208 g/mol. The summed E-state index contributed by atoms with van der Waals surface area (Å²) in [5, 5.41) is 13.3. The molecular formula is C7H5ClN4S. The first-order chi connectivity index (χ1) is 6.25. The van der Waals surface area contributed by atoms with Crippen molar-refractivity contribution in [2.45, 2.75) is 0 Å². The van der Waals surface area contributed by atoms with Gasteiger partial charge >= 0.3 is 0 Å². The Morgan fingerprint density at radius 1 is 1.38 bits per heavy atom. The standard InChI is InChI=1S/C7H5ClN2S.N2/c8-4-1-2-5-6(3-4)11-7(9)10-5;1-2/h1-3H,(H2,9,10);. The number of thiazole rings is 1. The summed E-state index contributed by atoms with van der Waals surface area (Å²) in [6, 6.07) is 5.54. The van der Waals surface area contributed by atoms with E-state index in [2.05, 4.69) is 4.98 Å². The summed E-state index contributed by atoms with van der Waals surface area (Å²) in [5.74, 6) is 0. The van der Waals surface area contributed by atoms with Crippen LogP contribution in [0.25, 0.3) is 10.2 Å². The number of benzene rings is 1. The van der Waals surface area contributed by atoms with Crippen LogP contribution in [0, 0.1) is 10.8 Å². The van der Waals surface area contributed by atoms with Gasteiger partial charge in [0, 0.05) is 15.8 Å². The highest BCUT2D eigenvalue weighted by atomic mass is 35.5. The van der Waals surface area contributed by atoms with Crippen LogP contribution in [0.15, 0.2) is 18.2 Å². The number of halogens is 1. The SMILES string of the molecule is N#N.Nc1nc2ccc(Cl)cc2s1. The Morgan fingerprint density at radius 3 is 2.77 bits per heavy atom. The lowest BCUT2D eigenvalue weighted by molar-refractivity contribution is 1.15. The third-order valence-corrected chi connectivity index (χ3v) is 2.45. The number of hydrogen-bond acceptors (Lipinski definition) is 5. The van der Waals surface area contributed by atoms with Gasteiger partial charge < -0.3 is 5.73 Å². The predicted octanol–water partition coefficient (Wildman–Crippen LogP) is 2.56. The molecule has 0 radical (unpaired) electrons.